The van der Waals surface area contributed by atoms with E-state index in [1.165, 1.54) is 77.0 Å². The SMILES string of the molecule is CCCCC/C=C\C/C=C\CCCCCCCC(=O)[O-].CCCCC/C=C\C/C=C\CCCCCCCC(=O)[O-].[Na+].[Na+]. The van der Waals surface area contributed by atoms with Gasteiger partial charge in [-0.15, -0.1) is 0 Å². The maximum atomic E-state index is 10.2. The van der Waals surface area contributed by atoms with Crippen LogP contribution in [0.2, 0.25) is 0 Å². The van der Waals surface area contributed by atoms with E-state index in [1.807, 2.05) is 0 Å². The number of unbranched alkanes of at least 4 members (excludes halogenated alkanes) is 16. The van der Waals surface area contributed by atoms with E-state index in [2.05, 4.69) is 62.5 Å². The second kappa shape index (κ2) is 45.3. The van der Waals surface area contributed by atoms with Gasteiger partial charge in [0.05, 0.1) is 0 Å². The van der Waals surface area contributed by atoms with Gasteiger partial charge in [0.1, 0.15) is 0 Å². The molecule has 0 saturated carbocycles. The molecule has 0 aliphatic carbocycles. The summed E-state index contributed by atoms with van der Waals surface area (Å²) < 4.78 is 0. The number of carbonyl (C=O) groups is 2. The Morgan fingerprint density at radius 1 is 0.405 bits per heavy atom. The number of carboxylic acid groups (broad SMARTS) is 2. The quantitative estimate of drug-likeness (QED) is 0.0781. The molecule has 0 fully saturated rings. The van der Waals surface area contributed by atoms with E-state index in [0.717, 1.165) is 64.2 Å². The molecule has 0 bridgehead atoms. The Kier molecular flexibility index (Phi) is 52.7. The average molecular weight is 605 g/mol. The minimum Gasteiger partial charge on any atom is -0.550 e. The Hall–Kier alpha value is -0.1000. The largest absolute Gasteiger partial charge is 1.00 e. The molecule has 42 heavy (non-hydrogen) atoms. The standard InChI is InChI=1S/2C18H32O2.2Na/c2*1-2-3-4-5-6-7-8-9-10-11-12-13-14-15-16-17-18(19)20;;/h2*6-7,9-10H,2-5,8,11-17H2,1H3,(H,19,20);;/q;;2*+1/p-2/b2*7-6-,10-9-;;. The van der Waals surface area contributed by atoms with Gasteiger partial charge in [-0.05, 0) is 89.9 Å². The van der Waals surface area contributed by atoms with Crippen LogP contribution >= 0.6 is 0 Å². The van der Waals surface area contributed by atoms with Gasteiger partial charge in [-0.3, -0.25) is 0 Å². The molecule has 0 atom stereocenters. The molecule has 0 aromatic carbocycles. The Morgan fingerprint density at radius 3 is 0.952 bits per heavy atom. The molecule has 0 radical (unpaired) electrons. The minimum absolute atomic E-state index is 0. The summed E-state index contributed by atoms with van der Waals surface area (Å²) in [5.41, 5.74) is 0. The van der Waals surface area contributed by atoms with Gasteiger partial charge >= 0.3 is 59.1 Å². The van der Waals surface area contributed by atoms with E-state index >= 15 is 0 Å². The average Bonchev–Trinajstić information content (AvgIpc) is 2.93. The van der Waals surface area contributed by atoms with Crippen molar-refractivity contribution >= 4 is 11.9 Å². The van der Waals surface area contributed by atoms with Crippen molar-refractivity contribution in [3.05, 3.63) is 48.6 Å². The van der Waals surface area contributed by atoms with Crippen LogP contribution in [0.5, 0.6) is 0 Å². The molecule has 0 aliphatic heterocycles. The maximum Gasteiger partial charge on any atom is 1.00 e. The van der Waals surface area contributed by atoms with E-state index in [-0.39, 0.29) is 72.0 Å². The van der Waals surface area contributed by atoms with Crippen LogP contribution in [0, 0.1) is 0 Å². The number of allylic oxidation sites excluding steroid dienone is 8. The molecule has 0 rings (SSSR count). The molecule has 0 unspecified atom stereocenters. The van der Waals surface area contributed by atoms with E-state index in [4.69, 9.17) is 0 Å². The van der Waals surface area contributed by atoms with E-state index in [1.54, 1.807) is 0 Å². The van der Waals surface area contributed by atoms with Crippen LogP contribution in [0.15, 0.2) is 48.6 Å². The summed E-state index contributed by atoms with van der Waals surface area (Å²) in [6, 6.07) is 0. The molecule has 0 spiro atoms. The van der Waals surface area contributed by atoms with Gasteiger partial charge in [0.15, 0.2) is 0 Å². The van der Waals surface area contributed by atoms with Crippen molar-refractivity contribution in [1.82, 2.24) is 0 Å². The molecular weight excluding hydrogens is 542 g/mol. The summed E-state index contributed by atoms with van der Waals surface area (Å²) in [7, 11) is 0. The van der Waals surface area contributed by atoms with Gasteiger partial charge in [-0.25, -0.2) is 0 Å². The smallest absolute Gasteiger partial charge is 0.550 e. The molecule has 0 aromatic heterocycles. The number of hydrogen-bond donors (Lipinski definition) is 0. The first kappa shape index (κ1) is 48.8. The number of carbonyl (C=O) groups excluding carboxylic acids is 2. The van der Waals surface area contributed by atoms with Crippen LogP contribution in [0.25, 0.3) is 0 Å². The van der Waals surface area contributed by atoms with Crippen LogP contribution in [-0.4, -0.2) is 11.9 Å². The van der Waals surface area contributed by atoms with E-state index in [0.29, 0.717) is 0 Å². The van der Waals surface area contributed by atoms with E-state index in [9.17, 15) is 19.8 Å². The Morgan fingerprint density at radius 2 is 0.667 bits per heavy atom. The third kappa shape index (κ3) is 52.5. The summed E-state index contributed by atoms with van der Waals surface area (Å²) in [5.74, 6) is -1.84. The Balaban J connectivity index is -0.000000328. The van der Waals surface area contributed by atoms with Gasteiger partial charge in [-0.2, -0.15) is 0 Å². The molecule has 0 N–H and O–H groups in total. The number of aliphatic carboxylic acids is 2. The second-order valence-corrected chi connectivity index (χ2v) is 10.7. The number of rotatable bonds is 28. The summed E-state index contributed by atoms with van der Waals surface area (Å²) >= 11 is 0. The van der Waals surface area contributed by atoms with E-state index < -0.39 is 11.9 Å². The molecule has 0 heterocycles. The molecule has 4 nitrogen and oxygen atoms in total. The van der Waals surface area contributed by atoms with Crippen molar-refractivity contribution in [2.24, 2.45) is 0 Å². The topological polar surface area (TPSA) is 80.3 Å². The first-order valence-electron chi connectivity index (χ1n) is 16.5. The summed E-state index contributed by atoms with van der Waals surface area (Å²) in [6.07, 6.45) is 43.9. The fraction of sp³-hybridized carbons (Fsp3) is 0.722. The fourth-order valence-corrected chi connectivity index (χ4v) is 4.16. The third-order valence-corrected chi connectivity index (χ3v) is 6.66. The molecule has 0 aliphatic rings. The predicted octanol–water partition coefficient (Wildman–Crippen LogP) is 3.11. The zero-order valence-corrected chi connectivity index (χ0v) is 32.2. The molecular formula is C36H62Na2O4. The number of carboxylic acids is 2. The van der Waals surface area contributed by atoms with Crippen LogP contribution in [0.3, 0.4) is 0 Å². The van der Waals surface area contributed by atoms with Crippen molar-refractivity contribution in [2.45, 2.75) is 168 Å². The molecule has 0 amide bonds. The Bertz CT molecular complexity index is 601. The fourth-order valence-electron chi connectivity index (χ4n) is 4.16. The second-order valence-electron chi connectivity index (χ2n) is 10.7. The van der Waals surface area contributed by atoms with Crippen LogP contribution in [0.1, 0.15) is 168 Å². The third-order valence-electron chi connectivity index (χ3n) is 6.66. The summed E-state index contributed by atoms with van der Waals surface area (Å²) in [5, 5.41) is 20.4. The van der Waals surface area contributed by atoms with Crippen molar-refractivity contribution in [2.75, 3.05) is 0 Å². The van der Waals surface area contributed by atoms with Gasteiger partial charge < -0.3 is 19.8 Å². The molecule has 6 heteroatoms. The Labute approximate surface area is 304 Å². The van der Waals surface area contributed by atoms with Gasteiger partial charge in [-0.1, -0.05) is 127 Å². The zero-order valence-electron chi connectivity index (χ0n) is 28.2. The van der Waals surface area contributed by atoms with Crippen LogP contribution in [-0.2, 0) is 9.59 Å². The van der Waals surface area contributed by atoms with Crippen molar-refractivity contribution in [3.8, 4) is 0 Å². The zero-order chi connectivity index (χ0) is 29.8. The van der Waals surface area contributed by atoms with Gasteiger partial charge in [0, 0.05) is 11.9 Å². The van der Waals surface area contributed by atoms with Crippen molar-refractivity contribution in [1.29, 1.82) is 0 Å². The maximum absolute atomic E-state index is 10.2. The number of hydrogen-bond acceptors (Lipinski definition) is 4. The van der Waals surface area contributed by atoms with Crippen molar-refractivity contribution < 1.29 is 78.9 Å². The van der Waals surface area contributed by atoms with Gasteiger partial charge in [0.2, 0.25) is 0 Å². The van der Waals surface area contributed by atoms with Crippen LogP contribution in [0.4, 0.5) is 0 Å². The van der Waals surface area contributed by atoms with Gasteiger partial charge in [0.25, 0.3) is 0 Å². The first-order valence-corrected chi connectivity index (χ1v) is 16.5. The summed E-state index contributed by atoms with van der Waals surface area (Å²) in [4.78, 5) is 20.4. The molecule has 232 valence electrons. The predicted molar refractivity (Wildman–Crippen MR) is 169 cm³/mol. The first-order chi connectivity index (χ1) is 19.5. The normalized spacial score (nSPS) is 11.1. The molecule has 0 saturated heterocycles. The summed E-state index contributed by atoms with van der Waals surface area (Å²) in [6.45, 7) is 4.46. The minimum atomic E-state index is -0.921. The van der Waals surface area contributed by atoms with Crippen molar-refractivity contribution in [3.63, 3.8) is 0 Å². The monoisotopic (exact) mass is 604 g/mol. The molecule has 0 aromatic rings. The van der Waals surface area contributed by atoms with Crippen LogP contribution < -0.4 is 69.3 Å².